The fourth-order valence-corrected chi connectivity index (χ4v) is 3.77. The molecule has 170 valence electrons. The molecule has 0 fully saturated rings. The number of aryl methyl sites for hydroxylation is 1. The Kier molecular flexibility index (Phi) is 6.03. The predicted molar refractivity (Wildman–Crippen MR) is 117 cm³/mol. The molecule has 0 spiro atoms. The summed E-state index contributed by atoms with van der Waals surface area (Å²) in [6.07, 6.45) is -4.76. The Labute approximate surface area is 191 Å². The predicted octanol–water partition coefficient (Wildman–Crippen LogP) is 7.70. The van der Waals surface area contributed by atoms with Gasteiger partial charge in [0, 0.05) is 22.7 Å². The van der Waals surface area contributed by atoms with Crippen LogP contribution < -0.4 is 14.2 Å². The smallest absolute Gasteiger partial charge is 0.494 e. The molecule has 0 amide bonds. The van der Waals surface area contributed by atoms with Crippen LogP contribution in [0.2, 0.25) is 5.02 Å². The number of fused-ring (bicyclic) bond motifs is 1. The topological polar surface area (TPSA) is 40.6 Å². The standard InChI is InChI=1S/C24H16ClF4NO3/c1-13-22(23(25)18-11-19(26)21(31-2)12-20(18)30-13)14-3-5-15(6-4-14)32-16-7-9-17(10-8-16)33-24(27,28)29/h3-12H,1-2H3. The lowest BCUT2D eigenvalue weighted by Gasteiger charge is -2.13. The molecule has 1 aromatic heterocycles. The van der Waals surface area contributed by atoms with Gasteiger partial charge in [-0.25, -0.2) is 4.39 Å². The second-order valence-electron chi connectivity index (χ2n) is 7.04. The number of benzene rings is 3. The molecule has 0 unspecified atom stereocenters. The number of halogens is 5. The highest BCUT2D eigenvalue weighted by atomic mass is 35.5. The van der Waals surface area contributed by atoms with Crippen LogP contribution in [0.1, 0.15) is 5.69 Å². The maximum atomic E-state index is 14.2. The number of ether oxygens (including phenoxy) is 3. The molecule has 0 bridgehead atoms. The summed E-state index contributed by atoms with van der Waals surface area (Å²) in [5.41, 5.74) is 2.55. The Morgan fingerprint density at radius 1 is 0.879 bits per heavy atom. The Balaban J connectivity index is 1.59. The molecule has 1 heterocycles. The number of hydrogen-bond acceptors (Lipinski definition) is 4. The highest BCUT2D eigenvalue weighted by Gasteiger charge is 2.31. The molecule has 0 saturated carbocycles. The Morgan fingerprint density at radius 2 is 1.45 bits per heavy atom. The minimum absolute atomic E-state index is 0.0812. The van der Waals surface area contributed by atoms with Gasteiger partial charge in [0.15, 0.2) is 11.6 Å². The molecular formula is C24H16ClF4NO3. The molecule has 0 aliphatic rings. The summed E-state index contributed by atoms with van der Waals surface area (Å²) in [5.74, 6) is -0.00498. The number of rotatable bonds is 5. The minimum atomic E-state index is -4.76. The van der Waals surface area contributed by atoms with Crippen molar-refractivity contribution in [2.24, 2.45) is 0 Å². The van der Waals surface area contributed by atoms with E-state index >= 15 is 0 Å². The average molecular weight is 478 g/mol. The van der Waals surface area contributed by atoms with Gasteiger partial charge in [-0.15, -0.1) is 13.2 Å². The van der Waals surface area contributed by atoms with E-state index < -0.39 is 12.2 Å². The summed E-state index contributed by atoms with van der Waals surface area (Å²) < 4.78 is 65.6. The van der Waals surface area contributed by atoms with Crippen LogP contribution in [0.15, 0.2) is 60.7 Å². The van der Waals surface area contributed by atoms with Crippen molar-refractivity contribution in [3.05, 3.63) is 77.2 Å². The van der Waals surface area contributed by atoms with Crippen molar-refractivity contribution in [1.29, 1.82) is 0 Å². The number of aromatic nitrogens is 1. The zero-order chi connectivity index (χ0) is 23.8. The van der Waals surface area contributed by atoms with E-state index in [-0.39, 0.29) is 11.5 Å². The van der Waals surface area contributed by atoms with Gasteiger partial charge in [0.2, 0.25) is 0 Å². The lowest BCUT2D eigenvalue weighted by molar-refractivity contribution is -0.274. The monoisotopic (exact) mass is 477 g/mol. The van der Waals surface area contributed by atoms with Gasteiger partial charge in [-0.3, -0.25) is 4.98 Å². The van der Waals surface area contributed by atoms with E-state index in [1.165, 1.54) is 31.4 Å². The van der Waals surface area contributed by atoms with Crippen molar-refractivity contribution < 1.29 is 31.8 Å². The van der Waals surface area contributed by atoms with Gasteiger partial charge in [0.05, 0.1) is 17.6 Å². The van der Waals surface area contributed by atoms with Crippen molar-refractivity contribution in [2.45, 2.75) is 13.3 Å². The zero-order valence-electron chi connectivity index (χ0n) is 17.3. The normalized spacial score (nSPS) is 11.5. The van der Waals surface area contributed by atoms with Crippen molar-refractivity contribution in [1.82, 2.24) is 4.98 Å². The van der Waals surface area contributed by atoms with E-state index in [0.717, 1.165) is 17.7 Å². The third-order valence-corrected chi connectivity index (χ3v) is 5.20. The van der Waals surface area contributed by atoms with Crippen molar-refractivity contribution in [3.8, 4) is 34.1 Å². The van der Waals surface area contributed by atoms with Crippen LogP contribution in [0.3, 0.4) is 0 Å². The summed E-state index contributed by atoms with van der Waals surface area (Å²) >= 11 is 6.61. The van der Waals surface area contributed by atoms with Crippen molar-refractivity contribution in [3.63, 3.8) is 0 Å². The molecule has 0 atom stereocenters. The quantitative estimate of drug-likeness (QED) is 0.276. The minimum Gasteiger partial charge on any atom is -0.494 e. The van der Waals surface area contributed by atoms with E-state index in [0.29, 0.717) is 38.7 Å². The number of hydrogen-bond donors (Lipinski definition) is 0. The van der Waals surface area contributed by atoms with E-state index in [9.17, 15) is 17.6 Å². The van der Waals surface area contributed by atoms with E-state index in [1.54, 1.807) is 31.2 Å². The molecule has 0 saturated heterocycles. The first-order valence-corrected chi connectivity index (χ1v) is 10.00. The van der Waals surface area contributed by atoms with Crippen LogP contribution in [-0.4, -0.2) is 18.5 Å². The molecule has 0 aliphatic heterocycles. The summed E-state index contributed by atoms with van der Waals surface area (Å²) in [6.45, 7) is 1.80. The average Bonchev–Trinajstić information content (AvgIpc) is 2.75. The first-order valence-electron chi connectivity index (χ1n) is 9.62. The van der Waals surface area contributed by atoms with Crippen molar-refractivity contribution >= 4 is 22.5 Å². The van der Waals surface area contributed by atoms with Gasteiger partial charge < -0.3 is 14.2 Å². The van der Waals surface area contributed by atoms with Crippen LogP contribution in [0.25, 0.3) is 22.0 Å². The van der Waals surface area contributed by atoms with Crippen LogP contribution in [0.4, 0.5) is 17.6 Å². The fraction of sp³-hybridized carbons (Fsp3) is 0.125. The van der Waals surface area contributed by atoms with Crippen LogP contribution in [0, 0.1) is 12.7 Å². The number of methoxy groups -OCH3 is 1. The SMILES string of the molecule is COc1cc2nc(C)c(-c3ccc(Oc4ccc(OC(F)(F)F)cc4)cc3)c(Cl)c2cc1F. The molecule has 0 N–H and O–H groups in total. The van der Waals surface area contributed by atoms with Crippen LogP contribution in [0.5, 0.6) is 23.0 Å². The Bertz CT molecular complexity index is 1310. The molecule has 3 aromatic carbocycles. The van der Waals surface area contributed by atoms with Gasteiger partial charge in [-0.1, -0.05) is 23.7 Å². The van der Waals surface area contributed by atoms with E-state index in [4.69, 9.17) is 21.1 Å². The van der Waals surface area contributed by atoms with E-state index in [2.05, 4.69) is 9.72 Å². The first-order chi connectivity index (χ1) is 15.6. The Hall–Kier alpha value is -3.52. The van der Waals surface area contributed by atoms with Gasteiger partial charge in [-0.2, -0.15) is 0 Å². The van der Waals surface area contributed by atoms with Gasteiger partial charge in [0.1, 0.15) is 17.2 Å². The van der Waals surface area contributed by atoms with Gasteiger partial charge in [-0.05, 0) is 55.0 Å². The Morgan fingerprint density at radius 3 is 2.03 bits per heavy atom. The highest BCUT2D eigenvalue weighted by molar-refractivity contribution is 6.38. The maximum absolute atomic E-state index is 14.2. The molecule has 0 radical (unpaired) electrons. The highest BCUT2D eigenvalue weighted by Crippen LogP contribution is 2.38. The molecule has 4 aromatic rings. The number of pyridine rings is 1. The summed E-state index contributed by atoms with van der Waals surface area (Å²) in [5, 5.41) is 0.810. The molecule has 9 heteroatoms. The molecule has 0 aliphatic carbocycles. The lowest BCUT2D eigenvalue weighted by Crippen LogP contribution is -2.16. The summed E-state index contributed by atoms with van der Waals surface area (Å²) in [7, 11) is 1.38. The number of nitrogens with zero attached hydrogens (tertiary/aromatic N) is 1. The summed E-state index contributed by atoms with van der Waals surface area (Å²) in [4.78, 5) is 4.53. The first kappa shape index (κ1) is 22.7. The zero-order valence-corrected chi connectivity index (χ0v) is 18.1. The molecular weight excluding hydrogens is 462 g/mol. The fourth-order valence-electron chi connectivity index (χ4n) is 3.37. The van der Waals surface area contributed by atoms with Gasteiger partial charge in [0.25, 0.3) is 0 Å². The second-order valence-corrected chi connectivity index (χ2v) is 7.41. The largest absolute Gasteiger partial charge is 0.573 e. The third kappa shape index (κ3) is 4.96. The van der Waals surface area contributed by atoms with Gasteiger partial charge >= 0.3 is 6.36 Å². The second kappa shape index (κ2) is 8.78. The molecule has 4 rings (SSSR count). The number of alkyl halides is 3. The third-order valence-electron chi connectivity index (χ3n) is 4.81. The van der Waals surface area contributed by atoms with Crippen molar-refractivity contribution in [2.75, 3.05) is 7.11 Å². The van der Waals surface area contributed by atoms with E-state index in [1.807, 2.05) is 0 Å². The molecule has 33 heavy (non-hydrogen) atoms. The molecule has 4 nitrogen and oxygen atoms in total. The summed E-state index contributed by atoms with van der Waals surface area (Å²) in [6, 6.07) is 14.7. The maximum Gasteiger partial charge on any atom is 0.573 e. The van der Waals surface area contributed by atoms with Crippen LogP contribution >= 0.6 is 11.6 Å². The lowest BCUT2D eigenvalue weighted by atomic mass is 10.0. The van der Waals surface area contributed by atoms with Crippen LogP contribution in [-0.2, 0) is 0 Å².